The molecular formula is C15H14O4. The van der Waals surface area contributed by atoms with Crippen molar-refractivity contribution in [3.05, 3.63) is 48.3 Å². The standard InChI is InChI=1S/C15H14O4/c16-10-7-11(17)9-13(15-4-2-6-19-15)12(8-10)14-3-1-5-18-14/h1-6,12-13H,7-9H2/t12-,13+. The number of hydrogen-bond acceptors (Lipinski definition) is 4. The van der Waals surface area contributed by atoms with E-state index < -0.39 is 0 Å². The molecule has 0 unspecified atom stereocenters. The molecule has 98 valence electrons. The second-order valence-electron chi connectivity index (χ2n) is 4.91. The van der Waals surface area contributed by atoms with E-state index in [-0.39, 0.29) is 29.8 Å². The Labute approximate surface area is 110 Å². The minimum absolute atomic E-state index is 0.0222. The lowest BCUT2D eigenvalue weighted by molar-refractivity contribution is -0.126. The van der Waals surface area contributed by atoms with Gasteiger partial charge in [-0.05, 0) is 24.3 Å². The number of rotatable bonds is 2. The summed E-state index contributed by atoms with van der Waals surface area (Å²) in [6.07, 6.45) is 3.85. The Kier molecular flexibility index (Phi) is 3.07. The predicted octanol–water partition coefficient (Wildman–Crippen LogP) is 3.06. The molecule has 1 aliphatic carbocycles. The summed E-state index contributed by atoms with van der Waals surface area (Å²) >= 11 is 0. The SMILES string of the molecule is O=C1CC(=O)C[C@@H](c2ccco2)[C@@H](c2ccco2)C1. The van der Waals surface area contributed by atoms with Gasteiger partial charge in [0.05, 0.1) is 18.9 Å². The van der Waals surface area contributed by atoms with Crippen molar-refractivity contribution in [2.45, 2.75) is 31.1 Å². The number of Topliss-reactive ketones (excluding diaryl/α,β-unsaturated/α-hetero) is 2. The van der Waals surface area contributed by atoms with Gasteiger partial charge in [0, 0.05) is 24.7 Å². The molecule has 0 saturated heterocycles. The van der Waals surface area contributed by atoms with Gasteiger partial charge in [0.15, 0.2) is 0 Å². The monoisotopic (exact) mass is 258 g/mol. The second-order valence-corrected chi connectivity index (χ2v) is 4.91. The maximum absolute atomic E-state index is 11.8. The van der Waals surface area contributed by atoms with Crippen molar-refractivity contribution in [1.82, 2.24) is 0 Å². The van der Waals surface area contributed by atoms with Crippen LogP contribution in [0.4, 0.5) is 0 Å². The van der Waals surface area contributed by atoms with Crippen LogP contribution in [0, 0.1) is 0 Å². The molecular weight excluding hydrogens is 244 g/mol. The molecule has 0 spiro atoms. The zero-order chi connectivity index (χ0) is 13.2. The van der Waals surface area contributed by atoms with Crippen molar-refractivity contribution in [3.8, 4) is 0 Å². The van der Waals surface area contributed by atoms with Gasteiger partial charge in [0.2, 0.25) is 0 Å². The Morgan fingerprint density at radius 1 is 0.842 bits per heavy atom. The highest BCUT2D eigenvalue weighted by atomic mass is 16.3. The van der Waals surface area contributed by atoms with Gasteiger partial charge in [0.25, 0.3) is 0 Å². The third-order valence-electron chi connectivity index (χ3n) is 3.59. The fourth-order valence-electron chi connectivity index (χ4n) is 2.74. The topological polar surface area (TPSA) is 60.4 Å². The third kappa shape index (κ3) is 2.38. The number of carbonyl (C=O) groups is 2. The molecule has 1 fully saturated rings. The van der Waals surface area contributed by atoms with E-state index >= 15 is 0 Å². The average Bonchev–Trinajstić information content (AvgIpc) is 3.04. The molecule has 19 heavy (non-hydrogen) atoms. The molecule has 2 aromatic rings. The Bertz CT molecular complexity index is 513. The van der Waals surface area contributed by atoms with E-state index in [0.29, 0.717) is 12.8 Å². The van der Waals surface area contributed by atoms with Crippen LogP contribution < -0.4 is 0 Å². The lowest BCUT2D eigenvalue weighted by Crippen LogP contribution is -2.12. The molecule has 2 aromatic heterocycles. The Morgan fingerprint density at radius 2 is 1.32 bits per heavy atom. The first kappa shape index (κ1) is 12.0. The summed E-state index contributed by atoms with van der Waals surface area (Å²) in [5.41, 5.74) is 0. The third-order valence-corrected chi connectivity index (χ3v) is 3.59. The fraction of sp³-hybridized carbons (Fsp3) is 0.333. The van der Waals surface area contributed by atoms with E-state index in [4.69, 9.17) is 8.83 Å². The first-order valence-electron chi connectivity index (χ1n) is 6.34. The Hall–Kier alpha value is -2.10. The minimum atomic E-state index is -0.125. The molecule has 0 bridgehead atoms. The fourth-order valence-corrected chi connectivity index (χ4v) is 2.74. The first-order chi connectivity index (χ1) is 9.24. The summed E-state index contributed by atoms with van der Waals surface area (Å²) in [4.78, 5) is 23.6. The largest absolute Gasteiger partial charge is 0.469 e. The number of ketones is 2. The summed E-state index contributed by atoms with van der Waals surface area (Å²) in [7, 11) is 0. The summed E-state index contributed by atoms with van der Waals surface area (Å²) in [6.45, 7) is 0. The van der Waals surface area contributed by atoms with Gasteiger partial charge in [-0.15, -0.1) is 0 Å². The van der Waals surface area contributed by atoms with Crippen LogP contribution in [0.3, 0.4) is 0 Å². The average molecular weight is 258 g/mol. The molecule has 4 nitrogen and oxygen atoms in total. The van der Waals surface area contributed by atoms with Crippen molar-refractivity contribution < 1.29 is 18.4 Å². The molecule has 1 aliphatic rings. The van der Waals surface area contributed by atoms with Crippen molar-refractivity contribution in [1.29, 1.82) is 0 Å². The van der Waals surface area contributed by atoms with Crippen molar-refractivity contribution in [3.63, 3.8) is 0 Å². The quantitative estimate of drug-likeness (QED) is 0.613. The van der Waals surface area contributed by atoms with E-state index in [0.717, 1.165) is 11.5 Å². The van der Waals surface area contributed by atoms with Crippen LogP contribution in [-0.2, 0) is 9.59 Å². The van der Waals surface area contributed by atoms with Gasteiger partial charge in [-0.1, -0.05) is 0 Å². The van der Waals surface area contributed by atoms with Crippen LogP contribution in [0.2, 0.25) is 0 Å². The molecule has 0 N–H and O–H groups in total. The molecule has 2 heterocycles. The molecule has 0 radical (unpaired) electrons. The molecule has 0 aromatic carbocycles. The van der Waals surface area contributed by atoms with Crippen molar-refractivity contribution in [2.24, 2.45) is 0 Å². The van der Waals surface area contributed by atoms with Gasteiger partial charge in [-0.25, -0.2) is 0 Å². The van der Waals surface area contributed by atoms with Crippen LogP contribution in [0.5, 0.6) is 0 Å². The Balaban J connectivity index is 2.00. The predicted molar refractivity (Wildman–Crippen MR) is 66.8 cm³/mol. The highest BCUT2D eigenvalue weighted by Gasteiger charge is 2.36. The number of hydrogen-bond donors (Lipinski definition) is 0. The van der Waals surface area contributed by atoms with Gasteiger partial charge in [-0.3, -0.25) is 9.59 Å². The molecule has 2 atom stereocenters. The lowest BCUT2D eigenvalue weighted by atomic mass is 9.84. The highest BCUT2D eigenvalue weighted by molar-refractivity contribution is 6.00. The molecule has 0 amide bonds. The van der Waals surface area contributed by atoms with Gasteiger partial charge in [-0.2, -0.15) is 0 Å². The van der Waals surface area contributed by atoms with Crippen LogP contribution in [0.15, 0.2) is 45.6 Å². The Morgan fingerprint density at radius 3 is 1.68 bits per heavy atom. The number of carbonyl (C=O) groups excluding carboxylic acids is 2. The minimum Gasteiger partial charge on any atom is -0.469 e. The van der Waals surface area contributed by atoms with E-state index in [9.17, 15) is 9.59 Å². The van der Waals surface area contributed by atoms with E-state index in [1.807, 2.05) is 12.1 Å². The number of furan rings is 2. The zero-order valence-electron chi connectivity index (χ0n) is 10.4. The lowest BCUT2D eigenvalue weighted by Gasteiger charge is -2.20. The van der Waals surface area contributed by atoms with E-state index in [2.05, 4.69) is 0 Å². The molecule has 1 saturated carbocycles. The zero-order valence-corrected chi connectivity index (χ0v) is 10.4. The van der Waals surface area contributed by atoms with Crippen molar-refractivity contribution in [2.75, 3.05) is 0 Å². The maximum Gasteiger partial charge on any atom is 0.141 e. The maximum atomic E-state index is 11.8. The summed E-state index contributed by atoms with van der Waals surface area (Å²) < 4.78 is 10.9. The van der Waals surface area contributed by atoms with Crippen LogP contribution in [0.1, 0.15) is 42.6 Å². The molecule has 0 aliphatic heterocycles. The second kappa shape index (κ2) is 4.88. The van der Waals surface area contributed by atoms with E-state index in [1.54, 1.807) is 24.7 Å². The van der Waals surface area contributed by atoms with Crippen LogP contribution >= 0.6 is 0 Å². The smallest absolute Gasteiger partial charge is 0.141 e. The van der Waals surface area contributed by atoms with Gasteiger partial charge >= 0.3 is 0 Å². The summed E-state index contributed by atoms with van der Waals surface area (Å²) in [5, 5.41) is 0. The normalized spacial score (nSPS) is 24.4. The van der Waals surface area contributed by atoms with Crippen molar-refractivity contribution >= 4 is 11.6 Å². The van der Waals surface area contributed by atoms with E-state index in [1.165, 1.54) is 0 Å². The van der Waals surface area contributed by atoms with Crippen LogP contribution in [0.25, 0.3) is 0 Å². The van der Waals surface area contributed by atoms with Gasteiger partial charge in [0.1, 0.15) is 23.1 Å². The molecule has 4 heteroatoms. The molecule has 3 rings (SSSR count). The van der Waals surface area contributed by atoms with Gasteiger partial charge < -0.3 is 8.83 Å². The highest BCUT2D eigenvalue weighted by Crippen LogP contribution is 2.41. The summed E-state index contributed by atoms with van der Waals surface area (Å²) in [5.74, 6) is 1.18. The summed E-state index contributed by atoms with van der Waals surface area (Å²) in [6, 6.07) is 7.30. The van der Waals surface area contributed by atoms with Crippen LogP contribution in [-0.4, -0.2) is 11.6 Å². The first-order valence-corrected chi connectivity index (χ1v) is 6.34.